The van der Waals surface area contributed by atoms with Crippen LogP contribution in [0.3, 0.4) is 0 Å². The molecular weight excluding hydrogens is 1380 g/mol. The summed E-state index contributed by atoms with van der Waals surface area (Å²) in [6, 6.07) is 0. The maximum absolute atomic E-state index is 14.4. The lowest BCUT2D eigenvalue weighted by atomic mass is 9.84. The van der Waals surface area contributed by atoms with Gasteiger partial charge in [-0.15, -0.1) is 0 Å². The molecule has 0 bridgehead atoms. The summed E-state index contributed by atoms with van der Waals surface area (Å²) in [5.41, 5.74) is 0. The molecule has 12 unspecified atom stereocenters. The molecule has 1 saturated carbocycles. The molecule has 0 aromatic heterocycles. The van der Waals surface area contributed by atoms with Gasteiger partial charge in [-0.05, 0) is 38.5 Å². The summed E-state index contributed by atoms with van der Waals surface area (Å²) < 4.78 is 81.4. The summed E-state index contributed by atoms with van der Waals surface area (Å²) >= 11 is 0. The molecule has 4 saturated heterocycles. The highest BCUT2D eigenvalue weighted by Crippen LogP contribution is 2.49. The topological polar surface area (TPSA) is 526 Å². The van der Waals surface area contributed by atoms with Crippen molar-refractivity contribution in [2.75, 3.05) is 39.6 Å². The van der Waals surface area contributed by atoms with E-state index < -0.39 is 225 Å². The number of aliphatic hydroxyl groups is 17. The smallest absolute Gasteiger partial charge is 0.462 e. The van der Waals surface area contributed by atoms with Crippen molar-refractivity contribution in [2.24, 2.45) is 0 Å². The molecule has 18 N–H and O–H groups in total. The Morgan fingerprint density at radius 3 is 1.11 bits per heavy atom. The highest BCUT2D eigenvalue weighted by Gasteiger charge is 2.59. The third-order valence-corrected chi connectivity index (χ3v) is 20.3. The van der Waals surface area contributed by atoms with E-state index in [1.807, 2.05) is 0 Å². The van der Waals surface area contributed by atoms with Gasteiger partial charge in [-0.1, -0.05) is 161 Å². The van der Waals surface area contributed by atoms with Crippen LogP contribution in [0.5, 0.6) is 0 Å². The van der Waals surface area contributed by atoms with Gasteiger partial charge in [0.15, 0.2) is 31.3 Å². The average molecular weight is 1500 g/mol. The molecule has 4 aliphatic heterocycles. The molecule has 33 nitrogen and oxygen atoms in total. The normalized spacial score (nSPS) is 36.2. The summed E-state index contributed by atoms with van der Waals surface area (Å²) in [5.74, 6) is -1.45. The van der Waals surface area contributed by atoms with Gasteiger partial charge < -0.3 is 139 Å². The lowest BCUT2D eigenvalue weighted by Gasteiger charge is -2.49. The standard InChI is InChI=1S/C68H123O33P/c1-3-5-7-9-11-13-15-17-18-19-21-22-24-26-28-30-32-45(71)90-36-40(94-46(72)33-31-29-27-25-23-20-16-14-12-10-8-6-4-2)37-93-102(88,89)101-64-62(99-67-60(86)52(78)48(74)42(35-70)96-67)56(82)55(81)57(83)63(64)100-68-61(87)54(80)50(76)44(98-68)39-92-66-59(85)53(79)49(75)43(97-66)38-91-65-58(84)51(77)47(73)41(34-69)95-65/h18-19,40-44,47-70,73-87H,3-17,20-39H2,1-2H3,(H,88,89)/b19-18-/t40-,41?,42?,43?,44?,47+,48-,49+,50+,51?,52?,53?,54?,55+,56?,57?,58+,59+,60-,61+,62-,63?,64+,65-,66-,67-,68+/m1/s1. The minimum absolute atomic E-state index is 0.0120. The molecule has 28 atom stereocenters. The maximum Gasteiger partial charge on any atom is 0.472 e. The SMILES string of the molecule is CCCCCCCCC/C=C\CCCCCCCC(=O)OC[C@H](COP(=O)(O)O[C@@H]1C(O[C@@H]2OC(CO[C@@H]3OC(CO[C@@H]4OC(CO)[C@H](O)C(O)[C@@H]4O)[C@H](O)C(O)[C@@H]3O)[C@H](O)C(O)[C@@H]2O)C(O)[C@@H](O)C(O)[C@H]1O[C@H]1OC(CO)[C@@H](O)C(O)[C@H]1O)OC(=O)CCCCCCCCCCCCCCC. The van der Waals surface area contributed by atoms with Crippen molar-refractivity contribution in [3.63, 3.8) is 0 Å². The van der Waals surface area contributed by atoms with Gasteiger partial charge in [0.05, 0.1) is 33.0 Å². The van der Waals surface area contributed by atoms with Crippen LogP contribution in [-0.4, -0.2) is 309 Å². The largest absolute Gasteiger partial charge is 0.472 e. The van der Waals surface area contributed by atoms with Gasteiger partial charge in [0.25, 0.3) is 0 Å². The quantitative estimate of drug-likeness (QED) is 0.0165. The molecule has 0 spiro atoms. The molecule has 34 heteroatoms. The van der Waals surface area contributed by atoms with Gasteiger partial charge >= 0.3 is 19.8 Å². The number of esters is 2. The zero-order valence-electron chi connectivity index (χ0n) is 59.1. The average Bonchev–Trinajstić information content (AvgIpc) is 0.760. The van der Waals surface area contributed by atoms with E-state index in [0.717, 1.165) is 70.6 Å². The number of carbonyl (C=O) groups is 2. The van der Waals surface area contributed by atoms with Gasteiger partial charge in [0.2, 0.25) is 0 Å². The number of unbranched alkanes of at least 4 members (excludes halogenated alkanes) is 24. The number of phosphoric acid groups is 1. The van der Waals surface area contributed by atoms with E-state index in [1.54, 1.807) is 0 Å². The Morgan fingerprint density at radius 2 is 0.706 bits per heavy atom. The Balaban J connectivity index is 1.29. The molecule has 5 aliphatic rings. The number of allylic oxidation sites excluding steroid dienone is 2. The van der Waals surface area contributed by atoms with Crippen LogP contribution in [0.25, 0.3) is 0 Å². The fourth-order valence-corrected chi connectivity index (χ4v) is 13.8. The third kappa shape index (κ3) is 29.3. The molecule has 5 rings (SSSR count). The monoisotopic (exact) mass is 1500 g/mol. The number of rotatable bonds is 50. The molecule has 102 heavy (non-hydrogen) atoms. The van der Waals surface area contributed by atoms with Crippen LogP contribution in [0.4, 0.5) is 0 Å². The van der Waals surface area contributed by atoms with Crippen LogP contribution in [0.15, 0.2) is 12.2 Å². The number of aliphatic hydroxyl groups excluding tert-OH is 17. The Morgan fingerprint density at radius 1 is 0.382 bits per heavy atom. The first-order valence-electron chi connectivity index (χ1n) is 37.0. The molecule has 4 heterocycles. The van der Waals surface area contributed by atoms with Crippen molar-refractivity contribution < 1.29 is 162 Å². The van der Waals surface area contributed by atoms with E-state index in [1.165, 1.54) is 83.5 Å². The molecule has 0 amide bonds. The van der Waals surface area contributed by atoms with Crippen LogP contribution in [0.2, 0.25) is 0 Å². The second kappa shape index (κ2) is 48.3. The van der Waals surface area contributed by atoms with Crippen LogP contribution < -0.4 is 0 Å². The number of phosphoric ester groups is 1. The highest BCUT2D eigenvalue weighted by atomic mass is 31.2. The van der Waals surface area contributed by atoms with Gasteiger partial charge in [-0.25, -0.2) is 4.57 Å². The Bertz CT molecular complexity index is 2330. The first-order valence-corrected chi connectivity index (χ1v) is 38.5. The van der Waals surface area contributed by atoms with Crippen LogP contribution in [0, 0.1) is 0 Å². The van der Waals surface area contributed by atoms with Gasteiger partial charge in [-0.3, -0.25) is 18.6 Å². The van der Waals surface area contributed by atoms with E-state index in [2.05, 4.69) is 26.0 Å². The Labute approximate surface area is 597 Å². The van der Waals surface area contributed by atoms with E-state index in [0.29, 0.717) is 19.3 Å². The minimum atomic E-state index is -5.82. The fraction of sp³-hybridized carbons (Fsp3) is 0.941. The molecule has 598 valence electrons. The van der Waals surface area contributed by atoms with Gasteiger partial charge in [-0.2, -0.15) is 0 Å². The second-order valence-electron chi connectivity index (χ2n) is 27.6. The zero-order chi connectivity index (χ0) is 74.9. The van der Waals surface area contributed by atoms with E-state index in [4.69, 9.17) is 56.4 Å². The maximum atomic E-state index is 14.4. The van der Waals surface area contributed by atoms with Crippen molar-refractivity contribution in [1.29, 1.82) is 0 Å². The highest BCUT2D eigenvalue weighted by molar-refractivity contribution is 7.47. The summed E-state index contributed by atoms with van der Waals surface area (Å²) in [6.07, 6.45) is -23.3. The van der Waals surface area contributed by atoms with Crippen molar-refractivity contribution in [3.05, 3.63) is 12.2 Å². The minimum Gasteiger partial charge on any atom is -0.462 e. The molecule has 1 aliphatic carbocycles. The summed E-state index contributed by atoms with van der Waals surface area (Å²) in [7, 11) is -5.82. The number of hydrogen-bond acceptors (Lipinski definition) is 32. The number of hydrogen-bond donors (Lipinski definition) is 18. The summed E-state index contributed by atoms with van der Waals surface area (Å²) in [5, 5.41) is 184. The van der Waals surface area contributed by atoms with Crippen LogP contribution in [0.1, 0.15) is 200 Å². The van der Waals surface area contributed by atoms with Crippen molar-refractivity contribution in [3.8, 4) is 0 Å². The number of ether oxygens (including phenoxy) is 10. The zero-order valence-corrected chi connectivity index (χ0v) is 60.0. The Hall–Kier alpha value is -2.21. The fourth-order valence-electron chi connectivity index (χ4n) is 12.8. The molecule has 0 radical (unpaired) electrons. The van der Waals surface area contributed by atoms with Crippen LogP contribution >= 0.6 is 7.82 Å². The van der Waals surface area contributed by atoms with E-state index in [9.17, 15) is 106 Å². The lowest BCUT2D eigenvalue weighted by molar-refractivity contribution is -0.365. The van der Waals surface area contributed by atoms with Crippen LogP contribution in [-0.2, 0) is 70.6 Å². The van der Waals surface area contributed by atoms with E-state index in [-0.39, 0.29) is 12.8 Å². The summed E-state index contributed by atoms with van der Waals surface area (Å²) in [4.78, 5) is 38.2. The van der Waals surface area contributed by atoms with Gasteiger partial charge in [0.1, 0.15) is 141 Å². The predicted octanol–water partition coefficient (Wildman–Crippen LogP) is -0.0326. The molecule has 0 aromatic rings. The van der Waals surface area contributed by atoms with Gasteiger partial charge in [0, 0.05) is 12.8 Å². The number of carbonyl (C=O) groups excluding carboxylic acids is 2. The predicted molar refractivity (Wildman–Crippen MR) is 356 cm³/mol. The Kier molecular flexibility index (Phi) is 42.9. The first-order chi connectivity index (χ1) is 48.8. The molecular formula is C68H123O33P. The third-order valence-electron chi connectivity index (χ3n) is 19.3. The molecule has 5 fully saturated rings. The van der Waals surface area contributed by atoms with Crippen molar-refractivity contribution in [2.45, 2.75) is 366 Å². The molecule has 0 aromatic carbocycles. The summed E-state index contributed by atoms with van der Waals surface area (Å²) in [6.45, 7) is -0.912. The van der Waals surface area contributed by atoms with Crippen molar-refractivity contribution >= 4 is 19.8 Å². The van der Waals surface area contributed by atoms with Crippen molar-refractivity contribution in [1.82, 2.24) is 0 Å². The lowest BCUT2D eigenvalue weighted by Crippen LogP contribution is -2.69. The first kappa shape index (κ1) is 90.4. The van der Waals surface area contributed by atoms with E-state index >= 15 is 0 Å². The second-order valence-corrected chi connectivity index (χ2v) is 29.0.